The van der Waals surface area contributed by atoms with Gasteiger partial charge in [-0.3, -0.25) is 14.3 Å². The fourth-order valence-electron chi connectivity index (χ4n) is 4.49. The SMILES string of the molecule is COc1cnccc1-c1cccc(C2CN(C(=O)CS(=O)(=O)O)CCN2S(=O)(=O)c2cccc(Cl)c2C)c1. The number of piperazine rings is 1. The van der Waals surface area contributed by atoms with Crippen molar-refractivity contribution in [3.8, 4) is 16.9 Å². The molecular formula is C25H26ClN3O7S2. The van der Waals surface area contributed by atoms with Crippen LogP contribution < -0.4 is 4.74 Å². The van der Waals surface area contributed by atoms with E-state index in [-0.39, 0.29) is 24.5 Å². The van der Waals surface area contributed by atoms with Crippen molar-refractivity contribution in [1.29, 1.82) is 0 Å². The van der Waals surface area contributed by atoms with Gasteiger partial charge in [-0.15, -0.1) is 0 Å². The van der Waals surface area contributed by atoms with Gasteiger partial charge in [-0.05, 0) is 47.9 Å². The largest absolute Gasteiger partial charge is 0.494 e. The number of amides is 1. The third-order valence-electron chi connectivity index (χ3n) is 6.38. The maximum absolute atomic E-state index is 13.9. The van der Waals surface area contributed by atoms with Crippen LogP contribution in [0.2, 0.25) is 5.02 Å². The van der Waals surface area contributed by atoms with E-state index in [9.17, 15) is 26.2 Å². The van der Waals surface area contributed by atoms with E-state index in [0.717, 1.165) is 11.1 Å². The van der Waals surface area contributed by atoms with Crippen molar-refractivity contribution >= 4 is 37.6 Å². The number of methoxy groups -OCH3 is 1. The van der Waals surface area contributed by atoms with Crippen molar-refractivity contribution in [2.75, 3.05) is 32.5 Å². The molecule has 2 aromatic carbocycles. The molecule has 1 aliphatic heterocycles. The van der Waals surface area contributed by atoms with Crippen LogP contribution in [0.1, 0.15) is 17.2 Å². The first kappa shape index (κ1) is 28.0. The molecule has 13 heteroatoms. The maximum Gasteiger partial charge on any atom is 0.274 e. The first-order valence-electron chi connectivity index (χ1n) is 11.5. The second kappa shape index (κ2) is 11.0. The van der Waals surface area contributed by atoms with E-state index >= 15 is 0 Å². The monoisotopic (exact) mass is 579 g/mol. The molecule has 1 aromatic heterocycles. The Bertz CT molecular complexity index is 1580. The summed E-state index contributed by atoms with van der Waals surface area (Å²) in [4.78, 5) is 18.0. The second-order valence-corrected chi connectivity index (χ2v) is 12.5. The minimum Gasteiger partial charge on any atom is -0.494 e. The summed E-state index contributed by atoms with van der Waals surface area (Å²) in [7, 11) is -7.12. The molecule has 0 aliphatic carbocycles. The van der Waals surface area contributed by atoms with Crippen molar-refractivity contribution in [3.63, 3.8) is 0 Å². The van der Waals surface area contributed by atoms with E-state index in [4.69, 9.17) is 16.3 Å². The number of carbonyl (C=O) groups is 1. The number of ether oxygens (including phenoxy) is 1. The molecule has 1 unspecified atom stereocenters. The van der Waals surface area contributed by atoms with Gasteiger partial charge in [0.2, 0.25) is 15.9 Å². The van der Waals surface area contributed by atoms with Gasteiger partial charge in [0.1, 0.15) is 5.75 Å². The lowest BCUT2D eigenvalue weighted by atomic mass is 9.98. The molecule has 0 bridgehead atoms. The molecule has 202 valence electrons. The Morgan fingerprint density at radius 3 is 2.58 bits per heavy atom. The highest BCUT2D eigenvalue weighted by Crippen LogP contribution is 2.36. The van der Waals surface area contributed by atoms with Crippen LogP contribution in [0, 0.1) is 6.92 Å². The maximum atomic E-state index is 13.9. The topological polar surface area (TPSA) is 134 Å². The highest BCUT2D eigenvalue weighted by Gasteiger charge is 2.39. The fourth-order valence-corrected chi connectivity index (χ4v) is 7.06. The normalized spacial score (nSPS) is 16.8. The summed E-state index contributed by atoms with van der Waals surface area (Å²) in [5.41, 5.74) is 2.45. The van der Waals surface area contributed by atoms with E-state index in [1.54, 1.807) is 55.7 Å². The van der Waals surface area contributed by atoms with Crippen LogP contribution in [0.15, 0.2) is 65.8 Å². The number of sulfonamides is 1. The Morgan fingerprint density at radius 1 is 1.13 bits per heavy atom. The predicted octanol–water partition coefficient (Wildman–Crippen LogP) is 3.18. The second-order valence-electron chi connectivity index (χ2n) is 8.76. The van der Waals surface area contributed by atoms with Crippen LogP contribution in [-0.4, -0.2) is 74.0 Å². The summed E-state index contributed by atoms with van der Waals surface area (Å²) in [6.45, 7) is 1.34. The summed E-state index contributed by atoms with van der Waals surface area (Å²) >= 11 is 6.22. The number of pyridine rings is 1. The van der Waals surface area contributed by atoms with Crippen molar-refractivity contribution in [2.45, 2.75) is 17.9 Å². The zero-order valence-electron chi connectivity index (χ0n) is 20.6. The molecule has 1 saturated heterocycles. The summed E-state index contributed by atoms with van der Waals surface area (Å²) in [6, 6.07) is 12.7. The lowest BCUT2D eigenvalue weighted by Gasteiger charge is -2.41. The summed E-state index contributed by atoms with van der Waals surface area (Å²) in [5.74, 6) is -1.38. The Balaban J connectivity index is 1.80. The quantitative estimate of drug-likeness (QED) is 0.422. The molecule has 10 nitrogen and oxygen atoms in total. The average molecular weight is 580 g/mol. The average Bonchev–Trinajstić information content (AvgIpc) is 2.88. The zero-order chi connectivity index (χ0) is 27.7. The highest BCUT2D eigenvalue weighted by molar-refractivity contribution is 7.89. The van der Waals surface area contributed by atoms with Gasteiger partial charge in [-0.25, -0.2) is 8.42 Å². The predicted molar refractivity (Wildman–Crippen MR) is 142 cm³/mol. The van der Waals surface area contributed by atoms with Crippen LogP contribution in [0.3, 0.4) is 0 Å². The lowest BCUT2D eigenvalue weighted by Crippen LogP contribution is -2.53. The van der Waals surface area contributed by atoms with Gasteiger partial charge in [0, 0.05) is 36.4 Å². The molecule has 3 aromatic rings. The number of rotatable bonds is 7. The van der Waals surface area contributed by atoms with Gasteiger partial charge in [-0.1, -0.05) is 35.9 Å². The van der Waals surface area contributed by atoms with Gasteiger partial charge in [-0.2, -0.15) is 12.7 Å². The molecule has 0 saturated carbocycles. The highest BCUT2D eigenvalue weighted by atomic mass is 35.5. The third kappa shape index (κ3) is 5.84. The van der Waals surface area contributed by atoms with E-state index in [2.05, 4.69) is 4.98 Å². The molecule has 1 fully saturated rings. The summed E-state index contributed by atoms with van der Waals surface area (Å²) in [6.07, 6.45) is 3.18. The molecule has 4 rings (SSSR count). The lowest BCUT2D eigenvalue weighted by molar-refractivity contribution is -0.130. The molecular weight excluding hydrogens is 554 g/mol. The van der Waals surface area contributed by atoms with Gasteiger partial charge in [0.25, 0.3) is 10.1 Å². The van der Waals surface area contributed by atoms with Crippen molar-refractivity contribution in [1.82, 2.24) is 14.2 Å². The number of hydrogen-bond donors (Lipinski definition) is 1. The van der Waals surface area contributed by atoms with Crippen molar-refractivity contribution in [3.05, 3.63) is 77.1 Å². The van der Waals surface area contributed by atoms with E-state index in [1.807, 2.05) is 6.07 Å². The number of carbonyl (C=O) groups excluding carboxylic acids is 1. The minimum absolute atomic E-state index is 0.0414. The number of halogens is 1. The van der Waals surface area contributed by atoms with Crippen LogP contribution in [-0.2, 0) is 24.9 Å². The van der Waals surface area contributed by atoms with Crippen LogP contribution >= 0.6 is 11.6 Å². The molecule has 0 spiro atoms. The summed E-state index contributed by atoms with van der Waals surface area (Å²) in [5, 5.41) is 0.302. The fraction of sp³-hybridized carbons (Fsp3) is 0.280. The van der Waals surface area contributed by atoms with Gasteiger partial charge >= 0.3 is 0 Å². The zero-order valence-corrected chi connectivity index (χ0v) is 23.0. The first-order valence-corrected chi connectivity index (χ1v) is 14.9. The molecule has 1 atom stereocenters. The smallest absolute Gasteiger partial charge is 0.274 e. The first-order chi connectivity index (χ1) is 17.9. The number of aromatic nitrogens is 1. The van der Waals surface area contributed by atoms with Gasteiger partial charge < -0.3 is 9.64 Å². The molecule has 38 heavy (non-hydrogen) atoms. The van der Waals surface area contributed by atoms with Gasteiger partial charge in [0.15, 0.2) is 5.75 Å². The Labute approximate surface area is 226 Å². The van der Waals surface area contributed by atoms with E-state index < -0.39 is 37.8 Å². The molecule has 1 N–H and O–H groups in total. The summed E-state index contributed by atoms with van der Waals surface area (Å²) < 4.78 is 66.4. The number of benzene rings is 2. The van der Waals surface area contributed by atoms with Crippen LogP contribution in [0.25, 0.3) is 11.1 Å². The number of hydrogen-bond acceptors (Lipinski definition) is 7. The van der Waals surface area contributed by atoms with Crippen molar-refractivity contribution in [2.24, 2.45) is 0 Å². The minimum atomic E-state index is -4.56. The van der Waals surface area contributed by atoms with Gasteiger partial charge in [0.05, 0.1) is 24.2 Å². The molecule has 1 aliphatic rings. The van der Waals surface area contributed by atoms with Crippen molar-refractivity contribution < 1.29 is 30.9 Å². The molecule has 2 heterocycles. The van der Waals surface area contributed by atoms with Crippen LogP contribution in [0.5, 0.6) is 5.75 Å². The Kier molecular flexibility index (Phi) is 8.09. The Hall–Kier alpha value is -3.03. The molecule has 0 radical (unpaired) electrons. The number of nitrogens with zero attached hydrogens (tertiary/aromatic N) is 3. The molecule has 1 amide bonds. The Morgan fingerprint density at radius 2 is 1.87 bits per heavy atom. The van der Waals surface area contributed by atoms with Crippen LogP contribution in [0.4, 0.5) is 0 Å². The third-order valence-corrected chi connectivity index (χ3v) is 9.46. The van der Waals surface area contributed by atoms with E-state index in [0.29, 0.717) is 21.9 Å². The standard InChI is InChI=1S/C25H26ClN3O7S2/c1-17-21(26)7-4-8-24(17)38(34,35)29-12-11-28(25(30)16-37(31,32)33)15-22(29)19-6-3-5-18(13-19)20-9-10-27-14-23(20)36-2/h3-10,13-14,22H,11-12,15-16H2,1-2H3,(H,31,32,33). The van der Waals surface area contributed by atoms with E-state index in [1.165, 1.54) is 22.4 Å².